The fourth-order valence-corrected chi connectivity index (χ4v) is 3.34. The van der Waals surface area contributed by atoms with E-state index in [1.807, 2.05) is 36.4 Å². The molecule has 154 valence electrons. The van der Waals surface area contributed by atoms with Gasteiger partial charge in [0.15, 0.2) is 0 Å². The molecule has 0 spiro atoms. The van der Waals surface area contributed by atoms with Crippen LogP contribution in [-0.2, 0) is 9.26 Å². The zero-order valence-electron chi connectivity index (χ0n) is 17.1. The van der Waals surface area contributed by atoms with Crippen LogP contribution in [0.2, 0.25) is 0 Å². The van der Waals surface area contributed by atoms with Gasteiger partial charge in [0, 0.05) is 5.57 Å². The monoisotopic (exact) mass is 429 g/mol. The molecular formula is C25H20NO4P. The molecular weight excluding hydrogens is 409 g/mol. The minimum Gasteiger partial charge on any atom is -0.442 e. The summed E-state index contributed by atoms with van der Waals surface area (Å²) in [5, 5.41) is 9.23. The number of carbonyl (C=O) groups is 2. The van der Waals surface area contributed by atoms with Gasteiger partial charge in [0.25, 0.3) is 0 Å². The first kappa shape index (κ1) is 22.0. The Bertz CT molecular complexity index is 1160. The molecule has 0 aliphatic heterocycles. The molecule has 0 saturated carbocycles. The summed E-state index contributed by atoms with van der Waals surface area (Å²) in [5.41, 5.74) is 2.96. The smallest absolute Gasteiger partial charge is 0.343 e. The highest BCUT2D eigenvalue weighted by molar-refractivity contribution is 7.51. The van der Waals surface area contributed by atoms with Gasteiger partial charge in [-0.1, -0.05) is 54.6 Å². The predicted octanol–water partition coefficient (Wildman–Crippen LogP) is 5.62. The van der Waals surface area contributed by atoms with E-state index in [2.05, 4.69) is 6.07 Å². The lowest BCUT2D eigenvalue weighted by Gasteiger charge is -2.11. The zero-order valence-corrected chi connectivity index (χ0v) is 18.0. The first-order valence-corrected chi connectivity index (χ1v) is 11.6. The number of rotatable bonds is 6. The van der Waals surface area contributed by atoms with E-state index in [-0.39, 0.29) is 11.1 Å². The maximum atomic E-state index is 12.8. The Hall–Kier alpha value is -3.74. The highest BCUT2D eigenvalue weighted by Gasteiger charge is 2.20. The summed E-state index contributed by atoms with van der Waals surface area (Å²) in [4.78, 5) is 25.2. The number of carbonyl (C=O) groups excluding carboxylic acids is 2. The van der Waals surface area contributed by atoms with Crippen molar-refractivity contribution in [1.82, 2.24) is 0 Å². The first-order chi connectivity index (χ1) is 15.0. The summed E-state index contributed by atoms with van der Waals surface area (Å²) in [7, 11) is -0.919. The molecule has 0 radical (unpaired) electrons. The van der Waals surface area contributed by atoms with E-state index in [0.717, 1.165) is 11.1 Å². The van der Waals surface area contributed by atoms with Crippen LogP contribution in [0.25, 0.3) is 5.57 Å². The molecule has 0 aromatic heterocycles. The maximum Gasteiger partial charge on any atom is 0.343 e. The average Bonchev–Trinajstić information content (AvgIpc) is 2.79. The van der Waals surface area contributed by atoms with Crippen LogP contribution >= 0.6 is 8.15 Å². The Balaban J connectivity index is 1.96. The van der Waals surface area contributed by atoms with Gasteiger partial charge in [-0.05, 0) is 48.7 Å². The minimum absolute atomic E-state index is 0.124. The second kappa shape index (κ2) is 10.3. The van der Waals surface area contributed by atoms with Crippen molar-refractivity contribution in [3.05, 3.63) is 113 Å². The van der Waals surface area contributed by atoms with Crippen molar-refractivity contribution in [2.45, 2.75) is 0 Å². The number of esters is 1. The van der Waals surface area contributed by atoms with Crippen molar-refractivity contribution < 1.29 is 18.8 Å². The quantitative estimate of drug-likeness (QED) is 0.289. The van der Waals surface area contributed by atoms with E-state index < -0.39 is 20.1 Å². The first-order valence-electron chi connectivity index (χ1n) is 9.45. The summed E-state index contributed by atoms with van der Waals surface area (Å²) in [5.74, 6) is -1.23. The molecule has 0 amide bonds. The number of hydrogen-bond acceptors (Lipinski definition) is 5. The second-order valence-electron chi connectivity index (χ2n) is 6.73. The van der Waals surface area contributed by atoms with Gasteiger partial charge in [-0.2, -0.15) is 5.26 Å². The molecule has 0 N–H and O–H groups in total. The number of nitrogens with zero attached hydrogens (tertiary/aromatic N) is 1. The molecule has 0 aliphatic carbocycles. The molecule has 31 heavy (non-hydrogen) atoms. The van der Waals surface area contributed by atoms with Crippen LogP contribution in [0.4, 0.5) is 0 Å². The Kier molecular flexibility index (Phi) is 7.32. The summed E-state index contributed by atoms with van der Waals surface area (Å²) in [6.45, 7) is 3.61. The van der Waals surface area contributed by atoms with Crippen LogP contribution in [-0.4, -0.2) is 25.3 Å². The lowest BCUT2D eigenvalue weighted by molar-refractivity contribution is 0.0647. The third-order valence-electron chi connectivity index (χ3n) is 4.30. The second-order valence-corrected chi connectivity index (χ2v) is 8.54. The van der Waals surface area contributed by atoms with Crippen LogP contribution in [0.1, 0.15) is 37.4 Å². The third kappa shape index (κ3) is 5.66. The van der Waals surface area contributed by atoms with Crippen molar-refractivity contribution >= 4 is 25.7 Å². The molecule has 5 nitrogen and oxygen atoms in total. The fraction of sp³-hybridized carbons (Fsp3) is 0.0800. The van der Waals surface area contributed by atoms with Crippen LogP contribution < -0.4 is 0 Å². The Morgan fingerprint density at radius 3 is 2.10 bits per heavy atom. The number of hydrogen-bond donors (Lipinski definition) is 0. The SMILES string of the molecule is CP(C)OC(=O)c1ccccc1C(=O)O/C=C(\c1ccccc1)c1cccc(C#N)c1. The van der Waals surface area contributed by atoms with Crippen LogP contribution in [0.15, 0.2) is 85.1 Å². The molecule has 0 atom stereocenters. The molecule has 3 rings (SSSR count). The highest BCUT2D eigenvalue weighted by atomic mass is 31.1. The largest absolute Gasteiger partial charge is 0.442 e. The minimum atomic E-state index is -0.919. The van der Waals surface area contributed by atoms with E-state index in [9.17, 15) is 14.9 Å². The van der Waals surface area contributed by atoms with Crippen molar-refractivity contribution in [2.75, 3.05) is 13.3 Å². The van der Waals surface area contributed by atoms with E-state index in [0.29, 0.717) is 11.1 Å². The molecule has 6 heteroatoms. The Morgan fingerprint density at radius 2 is 1.45 bits per heavy atom. The molecule has 3 aromatic rings. The standard InChI is InChI=1S/C25H20NO4P/c1-31(2)30-25(28)22-14-7-6-13-21(22)24(27)29-17-23(19-10-4-3-5-11-19)20-12-8-9-18(15-20)16-26/h3-15,17H,1-2H3/b23-17+. The maximum absolute atomic E-state index is 12.8. The van der Waals surface area contributed by atoms with Crippen LogP contribution in [0.3, 0.4) is 0 Å². The number of ether oxygens (including phenoxy) is 1. The van der Waals surface area contributed by atoms with Gasteiger partial charge in [-0.3, -0.25) is 0 Å². The van der Waals surface area contributed by atoms with Crippen LogP contribution in [0, 0.1) is 11.3 Å². The summed E-state index contributed by atoms with van der Waals surface area (Å²) in [6.07, 6.45) is 1.35. The molecule has 3 aromatic carbocycles. The normalized spacial score (nSPS) is 11.0. The van der Waals surface area contributed by atoms with Gasteiger partial charge in [0.05, 0.1) is 30.9 Å². The van der Waals surface area contributed by atoms with E-state index >= 15 is 0 Å². The van der Waals surface area contributed by atoms with E-state index in [4.69, 9.17) is 9.26 Å². The molecule has 0 heterocycles. The molecule has 0 fully saturated rings. The molecule has 0 unspecified atom stereocenters. The van der Waals surface area contributed by atoms with Gasteiger partial charge < -0.3 is 9.26 Å². The lowest BCUT2D eigenvalue weighted by Crippen LogP contribution is -2.11. The topological polar surface area (TPSA) is 76.4 Å². The Labute approximate surface area is 182 Å². The summed E-state index contributed by atoms with van der Waals surface area (Å²) < 4.78 is 10.8. The van der Waals surface area contributed by atoms with Crippen molar-refractivity contribution in [1.29, 1.82) is 5.26 Å². The molecule has 0 saturated heterocycles. The average molecular weight is 429 g/mol. The number of benzene rings is 3. The van der Waals surface area contributed by atoms with Gasteiger partial charge in [0.2, 0.25) is 0 Å². The summed E-state index contributed by atoms with van der Waals surface area (Å²) in [6, 6.07) is 24.9. The number of nitriles is 1. The van der Waals surface area contributed by atoms with Crippen molar-refractivity contribution in [3.63, 3.8) is 0 Å². The molecule has 0 bridgehead atoms. The van der Waals surface area contributed by atoms with E-state index in [1.54, 1.807) is 43.7 Å². The predicted molar refractivity (Wildman–Crippen MR) is 121 cm³/mol. The third-order valence-corrected chi connectivity index (χ3v) is 4.83. The van der Waals surface area contributed by atoms with Crippen molar-refractivity contribution in [3.8, 4) is 6.07 Å². The highest BCUT2D eigenvalue weighted by Crippen LogP contribution is 2.29. The van der Waals surface area contributed by atoms with Gasteiger partial charge in [0.1, 0.15) is 6.26 Å². The van der Waals surface area contributed by atoms with Gasteiger partial charge in [-0.15, -0.1) is 0 Å². The lowest BCUT2D eigenvalue weighted by atomic mass is 9.98. The fourth-order valence-electron chi connectivity index (χ4n) is 2.91. The molecule has 0 aliphatic rings. The van der Waals surface area contributed by atoms with Crippen molar-refractivity contribution in [2.24, 2.45) is 0 Å². The van der Waals surface area contributed by atoms with E-state index in [1.165, 1.54) is 18.4 Å². The van der Waals surface area contributed by atoms with Gasteiger partial charge >= 0.3 is 11.9 Å². The zero-order chi connectivity index (χ0) is 22.2. The van der Waals surface area contributed by atoms with Crippen LogP contribution in [0.5, 0.6) is 0 Å². The Morgan fingerprint density at radius 1 is 0.839 bits per heavy atom. The van der Waals surface area contributed by atoms with Gasteiger partial charge in [-0.25, -0.2) is 9.59 Å². The summed E-state index contributed by atoms with van der Waals surface area (Å²) >= 11 is 0.